The van der Waals surface area contributed by atoms with Gasteiger partial charge in [-0.05, 0) is 37.8 Å². The van der Waals surface area contributed by atoms with Gasteiger partial charge in [0.25, 0.3) is 0 Å². The zero-order valence-electron chi connectivity index (χ0n) is 17.9. The number of aryl methyl sites for hydroxylation is 1. The first-order valence-corrected chi connectivity index (χ1v) is 10.4. The Morgan fingerprint density at radius 2 is 2.07 bits per heavy atom. The maximum Gasteiger partial charge on any atom is 0.321 e. The van der Waals surface area contributed by atoms with E-state index in [2.05, 4.69) is 21.5 Å². The maximum absolute atomic E-state index is 13.2. The summed E-state index contributed by atoms with van der Waals surface area (Å²) in [5.41, 5.74) is 1.54. The molecule has 2 fully saturated rings. The second kappa shape index (κ2) is 8.82. The van der Waals surface area contributed by atoms with E-state index in [1.54, 1.807) is 17.0 Å². The Hall–Kier alpha value is -2.95. The third kappa shape index (κ3) is 4.30. The van der Waals surface area contributed by atoms with Gasteiger partial charge in [0.05, 0.1) is 17.2 Å². The molecule has 2 aliphatic rings. The largest absolute Gasteiger partial charge is 0.339 e. The fourth-order valence-corrected chi connectivity index (χ4v) is 3.59. The lowest BCUT2D eigenvalue weighted by molar-refractivity contribution is 0.169. The lowest BCUT2D eigenvalue weighted by Gasteiger charge is -2.37. The van der Waals surface area contributed by atoms with Gasteiger partial charge in [-0.3, -0.25) is 0 Å². The summed E-state index contributed by atoms with van der Waals surface area (Å²) in [5, 5.41) is 16.2. The van der Waals surface area contributed by atoms with Crippen LogP contribution < -0.4 is 5.32 Å². The number of likely N-dealkylation sites (tertiary alicyclic amines) is 1. The standard InChI is InChI=1S/C20H22FN5O2.C2H6.H2/c1-12-4-3-5-13(11-22)16(12)23-19(27)26-8-6-20(2,7-9-26)18-24-17(28-25-18)14-10-15(14)21;1-2;/h3-5,14-15H,6-10H2,1-2H3,(H,23,27);1-2H3;1H/t14-,15+;;/m1../s1. The number of carbonyl (C=O) groups excluding carboxylic acids is 1. The van der Waals surface area contributed by atoms with Crippen LogP contribution >= 0.6 is 0 Å². The highest BCUT2D eigenvalue weighted by Gasteiger charge is 2.45. The monoisotopic (exact) mass is 415 g/mol. The lowest BCUT2D eigenvalue weighted by Crippen LogP contribution is -2.46. The summed E-state index contributed by atoms with van der Waals surface area (Å²) >= 11 is 0. The summed E-state index contributed by atoms with van der Waals surface area (Å²) in [6.45, 7) is 8.98. The molecular formula is C22H30FN5O2. The summed E-state index contributed by atoms with van der Waals surface area (Å²) in [5.74, 6) is 0.721. The summed E-state index contributed by atoms with van der Waals surface area (Å²) in [6.07, 6.45) is 0.950. The van der Waals surface area contributed by atoms with E-state index in [0.717, 1.165) is 5.56 Å². The number of hydrogen-bond acceptors (Lipinski definition) is 5. The Balaban J connectivity index is 0.00000111. The Morgan fingerprint density at radius 1 is 1.40 bits per heavy atom. The number of aromatic nitrogens is 2. The molecule has 0 unspecified atom stereocenters. The number of nitrogens with one attached hydrogen (secondary N) is 1. The van der Waals surface area contributed by atoms with Crippen LogP contribution in [0.1, 0.15) is 70.2 Å². The van der Waals surface area contributed by atoms with Crippen LogP contribution in [0.2, 0.25) is 0 Å². The predicted molar refractivity (Wildman–Crippen MR) is 113 cm³/mol. The van der Waals surface area contributed by atoms with Gasteiger partial charge in [0, 0.05) is 19.9 Å². The Kier molecular flexibility index (Phi) is 6.40. The molecule has 0 bridgehead atoms. The Morgan fingerprint density at radius 3 is 2.67 bits per heavy atom. The van der Waals surface area contributed by atoms with Gasteiger partial charge < -0.3 is 14.7 Å². The molecule has 30 heavy (non-hydrogen) atoms. The molecule has 1 saturated carbocycles. The van der Waals surface area contributed by atoms with E-state index in [0.29, 0.717) is 55.3 Å². The van der Waals surface area contributed by atoms with Crippen LogP contribution in [0, 0.1) is 18.3 Å². The number of carbonyl (C=O) groups is 1. The highest BCUT2D eigenvalue weighted by atomic mass is 19.1. The van der Waals surface area contributed by atoms with Crippen molar-refractivity contribution in [2.75, 3.05) is 18.4 Å². The van der Waals surface area contributed by atoms with Crippen molar-refractivity contribution in [2.45, 2.75) is 64.5 Å². The average Bonchev–Trinajstić information content (AvgIpc) is 3.27. The number of nitrogens with zero attached hydrogens (tertiary/aromatic N) is 4. The van der Waals surface area contributed by atoms with Crippen molar-refractivity contribution in [3.05, 3.63) is 41.0 Å². The number of benzene rings is 1. The molecule has 1 aliphatic carbocycles. The molecule has 2 amide bonds. The van der Waals surface area contributed by atoms with Gasteiger partial charge in [-0.1, -0.05) is 38.1 Å². The molecule has 8 heteroatoms. The number of alkyl halides is 1. The Bertz CT molecular complexity index is 950. The zero-order valence-corrected chi connectivity index (χ0v) is 17.9. The SMILES string of the molecule is CC.Cc1cccc(C#N)c1NC(=O)N1CCC(C)(c2noc([C@@H]3C[C@@H]3F)n2)CC1.[HH]. The molecule has 162 valence electrons. The van der Waals surface area contributed by atoms with Gasteiger partial charge >= 0.3 is 6.03 Å². The van der Waals surface area contributed by atoms with E-state index in [-0.39, 0.29) is 18.8 Å². The van der Waals surface area contributed by atoms with Crippen LogP contribution in [0.25, 0.3) is 0 Å². The van der Waals surface area contributed by atoms with Crippen LogP contribution in [0.15, 0.2) is 22.7 Å². The number of para-hydroxylation sites is 1. The minimum absolute atomic E-state index is 0. The number of anilines is 1. The van der Waals surface area contributed by atoms with Crippen molar-refractivity contribution in [1.29, 1.82) is 5.26 Å². The molecular weight excluding hydrogens is 385 g/mol. The van der Waals surface area contributed by atoms with Crippen molar-refractivity contribution in [3.63, 3.8) is 0 Å². The molecule has 1 aromatic carbocycles. The molecule has 1 aliphatic heterocycles. The average molecular weight is 416 g/mol. The number of rotatable bonds is 3. The van der Waals surface area contributed by atoms with Crippen molar-refractivity contribution >= 4 is 11.7 Å². The van der Waals surface area contributed by atoms with Gasteiger partial charge in [-0.15, -0.1) is 0 Å². The van der Waals surface area contributed by atoms with Gasteiger partial charge in [-0.2, -0.15) is 10.2 Å². The quantitative estimate of drug-likeness (QED) is 0.767. The van der Waals surface area contributed by atoms with E-state index >= 15 is 0 Å². The highest BCUT2D eigenvalue weighted by molar-refractivity contribution is 5.91. The number of hydrogen-bond donors (Lipinski definition) is 1. The van der Waals surface area contributed by atoms with Crippen molar-refractivity contribution < 1.29 is 15.1 Å². The van der Waals surface area contributed by atoms with Crippen molar-refractivity contribution in [3.8, 4) is 6.07 Å². The topological polar surface area (TPSA) is 95.1 Å². The minimum Gasteiger partial charge on any atom is -0.339 e. The normalized spacial score (nSPS) is 21.8. The fraction of sp³-hybridized carbons (Fsp3) is 0.545. The van der Waals surface area contributed by atoms with Crippen molar-refractivity contribution in [1.82, 2.24) is 15.0 Å². The third-order valence-corrected chi connectivity index (χ3v) is 5.79. The van der Waals surface area contributed by atoms with Crippen LogP contribution in [-0.2, 0) is 5.41 Å². The first-order chi connectivity index (χ1) is 14.4. The number of piperidine rings is 1. The van der Waals surface area contributed by atoms with Crippen molar-refractivity contribution in [2.24, 2.45) is 0 Å². The first-order valence-electron chi connectivity index (χ1n) is 10.4. The lowest BCUT2D eigenvalue weighted by atomic mass is 9.80. The summed E-state index contributed by atoms with van der Waals surface area (Å²) in [7, 11) is 0. The van der Waals surface area contributed by atoms with Crippen LogP contribution in [0.3, 0.4) is 0 Å². The Labute approximate surface area is 177 Å². The minimum atomic E-state index is -0.869. The fourth-order valence-electron chi connectivity index (χ4n) is 3.59. The molecule has 2 heterocycles. The number of amides is 2. The summed E-state index contributed by atoms with van der Waals surface area (Å²) in [6, 6.07) is 7.23. The van der Waals surface area contributed by atoms with E-state index in [4.69, 9.17) is 4.52 Å². The molecule has 0 radical (unpaired) electrons. The highest BCUT2D eigenvalue weighted by Crippen LogP contribution is 2.43. The van der Waals surface area contributed by atoms with Crippen LogP contribution in [0.5, 0.6) is 0 Å². The molecule has 7 nitrogen and oxygen atoms in total. The maximum atomic E-state index is 13.2. The van der Waals surface area contributed by atoms with E-state index in [9.17, 15) is 14.4 Å². The summed E-state index contributed by atoms with van der Waals surface area (Å²) in [4.78, 5) is 18.8. The second-order valence-electron chi connectivity index (χ2n) is 7.90. The molecule has 1 aromatic heterocycles. The predicted octanol–water partition coefficient (Wildman–Crippen LogP) is 4.93. The van der Waals surface area contributed by atoms with Gasteiger partial charge in [0.1, 0.15) is 12.2 Å². The summed E-state index contributed by atoms with van der Waals surface area (Å²) < 4.78 is 18.5. The van der Waals surface area contributed by atoms with Gasteiger partial charge in [0.15, 0.2) is 5.82 Å². The smallest absolute Gasteiger partial charge is 0.321 e. The molecule has 4 rings (SSSR count). The zero-order chi connectivity index (χ0) is 21.9. The van der Waals surface area contributed by atoms with Crippen LogP contribution in [-0.4, -0.2) is 40.3 Å². The van der Waals surface area contributed by atoms with Crippen LogP contribution in [0.4, 0.5) is 14.9 Å². The second-order valence-corrected chi connectivity index (χ2v) is 7.90. The number of urea groups is 1. The first kappa shape index (κ1) is 21.8. The third-order valence-electron chi connectivity index (χ3n) is 5.79. The number of nitriles is 1. The molecule has 2 atom stereocenters. The number of halogens is 1. The molecule has 2 aromatic rings. The molecule has 0 spiro atoms. The van der Waals surface area contributed by atoms with Gasteiger partial charge in [0.2, 0.25) is 5.89 Å². The molecule has 1 saturated heterocycles. The van der Waals surface area contributed by atoms with E-state index < -0.39 is 6.17 Å². The van der Waals surface area contributed by atoms with E-state index in [1.165, 1.54) is 0 Å². The van der Waals surface area contributed by atoms with E-state index in [1.807, 2.05) is 33.8 Å². The molecule has 1 N–H and O–H groups in total. The van der Waals surface area contributed by atoms with Gasteiger partial charge in [-0.25, -0.2) is 9.18 Å².